The van der Waals surface area contributed by atoms with Crippen LogP contribution in [0, 0.1) is 0 Å². The molecule has 0 aliphatic heterocycles. The molecule has 0 heterocycles. The summed E-state index contributed by atoms with van der Waals surface area (Å²) in [6.45, 7) is 7.85. The number of amides is 1. The van der Waals surface area contributed by atoms with Crippen molar-refractivity contribution in [2.45, 2.75) is 142 Å². The molecule has 0 aliphatic carbocycles. The minimum absolute atomic E-state index is 0.0510. The molecule has 27 heavy (non-hydrogen) atoms. The molecule has 1 amide bonds. The van der Waals surface area contributed by atoms with Gasteiger partial charge >= 0.3 is 0 Å². The minimum atomic E-state index is -0.0510. The molecule has 0 aromatic rings. The highest BCUT2D eigenvalue weighted by Crippen LogP contribution is 2.14. The SMILES string of the molecule is C=CC(=O)NC(C)CCCCCCCCCCCCCCCCCCCC. The van der Waals surface area contributed by atoms with Crippen LogP contribution in [0.2, 0.25) is 0 Å². The first-order valence-corrected chi connectivity index (χ1v) is 12.1. The zero-order valence-electron chi connectivity index (χ0n) is 18.7. The van der Waals surface area contributed by atoms with E-state index in [1.54, 1.807) is 0 Å². The van der Waals surface area contributed by atoms with Gasteiger partial charge in [-0.05, 0) is 19.4 Å². The van der Waals surface area contributed by atoms with Crippen molar-refractivity contribution in [3.05, 3.63) is 12.7 Å². The summed E-state index contributed by atoms with van der Waals surface area (Å²) in [6, 6.07) is 0.275. The van der Waals surface area contributed by atoms with E-state index in [4.69, 9.17) is 0 Å². The summed E-state index contributed by atoms with van der Waals surface area (Å²) in [5.74, 6) is -0.0510. The van der Waals surface area contributed by atoms with E-state index in [0.717, 1.165) is 6.42 Å². The Bertz CT molecular complexity index is 326. The normalized spacial score (nSPS) is 12.1. The number of hydrogen-bond acceptors (Lipinski definition) is 1. The van der Waals surface area contributed by atoms with Gasteiger partial charge in [-0.15, -0.1) is 0 Å². The summed E-state index contributed by atoms with van der Waals surface area (Å²) < 4.78 is 0. The smallest absolute Gasteiger partial charge is 0.243 e. The Hall–Kier alpha value is -0.790. The third-order valence-corrected chi connectivity index (χ3v) is 5.56. The van der Waals surface area contributed by atoms with Crippen molar-refractivity contribution in [1.82, 2.24) is 5.32 Å². The van der Waals surface area contributed by atoms with Crippen LogP contribution in [0.25, 0.3) is 0 Å². The molecule has 0 radical (unpaired) electrons. The maximum absolute atomic E-state index is 11.2. The van der Waals surface area contributed by atoms with Gasteiger partial charge in [0.2, 0.25) is 5.91 Å². The number of nitrogens with one attached hydrogen (secondary N) is 1. The topological polar surface area (TPSA) is 29.1 Å². The molecule has 0 fully saturated rings. The maximum atomic E-state index is 11.2. The molecule has 0 rings (SSSR count). The summed E-state index contributed by atoms with van der Waals surface area (Å²) >= 11 is 0. The van der Waals surface area contributed by atoms with Gasteiger partial charge in [-0.1, -0.05) is 129 Å². The first kappa shape index (κ1) is 26.2. The molecule has 1 unspecified atom stereocenters. The fourth-order valence-electron chi connectivity index (χ4n) is 3.73. The van der Waals surface area contributed by atoms with E-state index in [-0.39, 0.29) is 11.9 Å². The molecule has 1 N–H and O–H groups in total. The Balaban J connectivity index is 3.11. The fraction of sp³-hybridized carbons (Fsp3) is 0.880. The Kier molecular flexibility index (Phi) is 20.9. The Morgan fingerprint density at radius 1 is 0.704 bits per heavy atom. The summed E-state index contributed by atoms with van der Waals surface area (Å²) in [5, 5.41) is 2.93. The van der Waals surface area contributed by atoms with E-state index in [1.165, 1.54) is 122 Å². The minimum Gasteiger partial charge on any atom is -0.350 e. The van der Waals surface area contributed by atoms with Crippen molar-refractivity contribution in [3.63, 3.8) is 0 Å². The van der Waals surface area contributed by atoms with Crippen LogP contribution in [0.15, 0.2) is 12.7 Å². The van der Waals surface area contributed by atoms with Crippen LogP contribution in [0.5, 0.6) is 0 Å². The van der Waals surface area contributed by atoms with Crippen molar-refractivity contribution < 1.29 is 4.79 Å². The summed E-state index contributed by atoms with van der Waals surface area (Å²) in [4.78, 5) is 11.2. The maximum Gasteiger partial charge on any atom is 0.243 e. The van der Waals surface area contributed by atoms with Gasteiger partial charge in [0.15, 0.2) is 0 Å². The largest absolute Gasteiger partial charge is 0.350 e. The molecule has 0 aliphatic rings. The van der Waals surface area contributed by atoms with E-state index < -0.39 is 0 Å². The molecule has 160 valence electrons. The van der Waals surface area contributed by atoms with Crippen molar-refractivity contribution >= 4 is 5.91 Å². The van der Waals surface area contributed by atoms with Gasteiger partial charge in [-0.25, -0.2) is 0 Å². The van der Waals surface area contributed by atoms with Crippen molar-refractivity contribution in [2.75, 3.05) is 0 Å². The summed E-state index contributed by atoms with van der Waals surface area (Å²) in [7, 11) is 0. The van der Waals surface area contributed by atoms with Crippen LogP contribution in [0.1, 0.15) is 136 Å². The van der Waals surface area contributed by atoms with Gasteiger partial charge < -0.3 is 5.32 Å². The highest BCUT2D eigenvalue weighted by molar-refractivity contribution is 5.87. The van der Waals surface area contributed by atoms with Crippen molar-refractivity contribution in [1.29, 1.82) is 0 Å². The summed E-state index contributed by atoms with van der Waals surface area (Å²) in [5.41, 5.74) is 0. The Labute approximate surface area is 171 Å². The number of carbonyl (C=O) groups is 1. The van der Waals surface area contributed by atoms with Crippen LogP contribution < -0.4 is 5.32 Å². The van der Waals surface area contributed by atoms with E-state index in [1.807, 2.05) is 0 Å². The number of rotatable bonds is 21. The quantitative estimate of drug-likeness (QED) is 0.158. The van der Waals surface area contributed by atoms with E-state index in [2.05, 4.69) is 25.7 Å². The van der Waals surface area contributed by atoms with Gasteiger partial charge in [0, 0.05) is 6.04 Å². The van der Waals surface area contributed by atoms with Gasteiger partial charge in [0.1, 0.15) is 0 Å². The first-order valence-electron chi connectivity index (χ1n) is 12.1. The third kappa shape index (κ3) is 21.4. The third-order valence-electron chi connectivity index (χ3n) is 5.56. The lowest BCUT2D eigenvalue weighted by atomic mass is 10.0. The lowest BCUT2D eigenvalue weighted by Gasteiger charge is -2.11. The predicted octanol–water partition coefficient (Wildman–Crippen LogP) is 8.11. The van der Waals surface area contributed by atoms with E-state index in [9.17, 15) is 4.79 Å². The average Bonchev–Trinajstić information content (AvgIpc) is 2.66. The van der Waals surface area contributed by atoms with Crippen LogP contribution in [-0.2, 0) is 4.79 Å². The zero-order valence-corrected chi connectivity index (χ0v) is 18.7. The predicted molar refractivity (Wildman–Crippen MR) is 121 cm³/mol. The lowest BCUT2D eigenvalue weighted by molar-refractivity contribution is -0.117. The second-order valence-corrected chi connectivity index (χ2v) is 8.41. The molecule has 0 saturated carbocycles. The standard InChI is InChI=1S/C25H49NO/c1-4-6-7-8-9-10-11-12-13-14-15-16-17-18-19-20-21-22-23-24(3)26-25(27)5-2/h5,24H,2,4,6-23H2,1,3H3,(H,26,27). The van der Waals surface area contributed by atoms with Crippen LogP contribution in [-0.4, -0.2) is 11.9 Å². The fourth-order valence-corrected chi connectivity index (χ4v) is 3.73. The molecular weight excluding hydrogens is 330 g/mol. The molecule has 0 bridgehead atoms. The monoisotopic (exact) mass is 379 g/mol. The van der Waals surface area contributed by atoms with Crippen LogP contribution in [0.3, 0.4) is 0 Å². The van der Waals surface area contributed by atoms with Crippen LogP contribution in [0.4, 0.5) is 0 Å². The molecule has 2 nitrogen and oxygen atoms in total. The molecule has 1 atom stereocenters. The molecule has 0 aromatic carbocycles. The van der Waals surface area contributed by atoms with Gasteiger partial charge in [0.25, 0.3) is 0 Å². The van der Waals surface area contributed by atoms with Gasteiger partial charge in [-0.3, -0.25) is 4.79 Å². The summed E-state index contributed by atoms with van der Waals surface area (Å²) in [6.07, 6.45) is 27.8. The molecular formula is C25H49NO. The lowest BCUT2D eigenvalue weighted by Crippen LogP contribution is -2.30. The average molecular weight is 380 g/mol. The van der Waals surface area contributed by atoms with Gasteiger partial charge in [-0.2, -0.15) is 0 Å². The van der Waals surface area contributed by atoms with Crippen molar-refractivity contribution in [3.8, 4) is 0 Å². The second kappa shape index (κ2) is 21.5. The van der Waals surface area contributed by atoms with E-state index >= 15 is 0 Å². The van der Waals surface area contributed by atoms with Crippen molar-refractivity contribution in [2.24, 2.45) is 0 Å². The highest BCUT2D eigenvalue weighted by atomic mass is 16.1. The molecule has 0 spiro atoms. The van der Waals surface area contributed by atoms with Gasteiger partial charge in [0.05, 0.1) is 0 Å². The Morgan fingerprint density at radius 3 is 1.37 bits per heavy atom. The highest BCUT2D eigenvalue weighted by Gasteiger charge is 2.03. The molecule has 0 saturated heterocycles. The van der Waals surface area contributed by atoms with E-state index in [0.29, 0.717) is 0 Å². The molecule has 2 heteroatoms. The molecule has 0 aromatic heterocycles. The zero-order chi connectivity index (χ0) is 20.0. The second-order valence-electron chi connectivity index (χ2n) is 8.41. The van der Waals surface area contributed by atoms with Crippen LogP contribution >= 0.6 is 0 Å². The number of unbranched alkanes of at least 4 members (excludes halogenated alkanes) is 17. The Morgan fingerprint density at radius 2 is 1.04 bits per heavy atom. The first-order chi connectivity index (χ1) is 13.2. The number of carbonyl (C=O) groups excluding carboxylic acids is 1. The number of hydrogen-bond donors (Lipinski definition) is 1.